The average Bonchev–Trinajstić information content (AvgIpc) is 3.29. The minimum atomic E-state index is -0.796. The van der Waals surface area contributed by atoms with E-state index in [-0.39, 0.29) is 39.7 Å². The van der Waals surface area contributed by atoms with E-state index in [4.69, 9.17) is 28.4 Å². The summed E-state index contributed by atoms with van der Waals surface area (Å²) in [6.45, 7) is 14.6. The van der Waals surface area contributed by atoms with Crippen LogP contribution in [0.4, 0.5) is 0 Å². The van der Waals surface area contributed by atoms with Gasteiger partial charge in [-0.05, 0) is 146 Å². The number of carbonyl (C=O) groups excluding carboxylic acids is 4. The molecular formula is C55H61NO10. The summed E-state index contributed by atoms with van der Waals surface area (Å²) in [7, 11) is 0. The fourth-order valence-electron chi connectivity index (χ4n) is 6.89. The Morgan fingerprint density at radius 1 is 0.424 bits per heavy atom. The highest BCUT2D eigenvalue weighted by molar-refractivity contribution is 5.94. The Hall–Kier alpha value is -6.93. The molecule has 0 saturated heterocycles. The molecule has 0 aliphatic carbocycles. The quantitative estimate of drug-likeness (QED) is 0.0430. The van der Waals surface area contributed by atoms with Crippen molar-refractivity contribution in [2.24, 2.45) is 23.7 Å². The molecule has 346 valence electrons. The van der Waals surface area contributed by atoms with E-state index >= 15 is 0 Å². The van der Waals surface area contributed by atoms with Crippen LogP contribution in [0.15, 0.2) is 115 Å². The zero-order chi connectivity index (χ0) is 47.4. The predicted molar refractivity (Wildman–Crippen MR) is 253 cm³/mol. The number of carbonyl (C=O) groups is 4. The molecule has 5 rings (SSSR count). The van der Waals surface area contributed by atoms with Gasteiger partial charge < -0.3 is 28.4 Å². The lowest BCUT2D eigenvalue weighted by molar-refractivity contribution is 0.0723. The molecule has 0 bridgehead atoms. The summed E-state index contributed by atoms with van der Waals surface area (Å²) in [6.07, 6.45) is 9.19. The minimum Gasteiger partial charge on any atom is -0.494 e. The van der Waals surface area contributed by atoms with Crippen LogP contribution in [-0.4, -0.2) is 37.1 Å². The van der Waals surface area contributed by atoms with Crippen LogP contribution in [0.25, 0.3) is 0 Å². The van der Waals surface area contributed by atoms with E-state index in [9.17, 15) is 24.4 Å². The lowest BCUT2D eigenvalue weighted by atomic mass is 9.98. The molecule has 0 fully saturated rings. The third kappa shape index (κ3) is 16.6. The highest BCUT2D eigenvalue weighted by Crippen LogP contribution is 2.28. The molecule has 5 aromatic rings. The largest absolute Gasteiger partial charge is 0.494 e. The van der Waals surface area contributed by atoms with Gasteiger partial charge in [-0.3, -0.25) is 0 Å². The van der Waals surface area contributed by atoms with Crippen LogP contribution < -0.4 is 28.4 Å². The van der Waals surface area contributed by atoms with Crippen LogP contribution in [0.5, 0.6) is 34.5 Å². The third-order valence-electron chi connectivity index (χ3n) is 11.0. The zero-order valence-electron chi connectivity index (χ0n) is 38.9. The van der Waals surface area contributed by atoms with Crippen LogP contribution in [0.3, 0.4) is 0 Å². The van der Waals surface area contributed by atoms with Crippen molar-refractivity contribution in [2.45, 2.75) is 92.9 Å². The standard InChI is InChI=1S/C55H61NO10/c1-37(2)9-7-11-39(5)31-33-61-46-22-13-41(14-23-46)52(57)63-48-26-17-43(18-27-48)54(59)65-50-30-21-45(36-56)51(35-50)66-55(60)44-19-28-49(29-20-44)64-53(58)42-15-24-47(25-16-42)62-34-32-40(6)12-8-10-38(3)4/h13-30,35,37-40H,7-12,31-34H2,1-6H3/t39-,40-/m0/s1. The van der Waals surface area contributed by atoms with Crippen molar-refractivity contribution >= 4 is 23.9 Å². The van der Waals surface area contributed by atoms with E-state index in [2.05, 4.69) is 41.5 Å². The zero-order valence-corrected chi connectivity index (χ0v) is 38.9. The molecule has 0 N–H and O–H groups in total. The Labute approximate surface area is 389 Å². The smallest absolute Gasteiger partial charge is 0.343 e. The maximum atomic E-state index is 13.1. The van der Waals surface area contributed by atoms with Crippen LogP contribution in [0.1, 0.15) is 140 Å². The van der Waals surface area contributed by atoms with Gasteiger partial charge in [0.1, 0.15) is 34.8 Å². The summed E-state index contributed by atoms with van der Waals surface area (Å²) in [5, 5.41) is 9.69. The molecule has 0 spiro atoms. The van der Waals surface area contributed by atoms with Crippen LogP contribution in [0.2, 0.25) is 0 Å². The summed E-state index contributed by atoms with van der Waals surface area (Å²) in [6, 6.07) is 31.1. The van der Waals surface area contributed by atoms with Crippen molar-refractivity contribution in [2.75, 3.05) is 13.2 Å². The van der Waals surface area contributed by atoms with Gasteiger partial charge in [0.25, 0.3) is 0 Å². The first kappa shape index (κ1) is 50.1. The Kier molecular flexibility index (Phi) is 19.4. The number of nitrogens with zero attached hydrogens (tertiary/aromatic N) is 1. The summed E-state index contributed by atoms with van der Waals surface area (Å²) >= 11 is 0. The SMILES string of the molecule is CC(C)CCC[C@H](C)CCOc1ccc(C(=O)Oc2ccc(C(=O)Oc3ccc(C#N)c(OC(=O)c4ccc(OC(=O)c5ccc(OCC[C@@H](C)CCCC(C)C)cc5)cc4)c3)cc2)cc1. The van der Waals surface area contributed by atoms with Gasteiger partial charge in [0, 0.05) is 6.07 Å². The van der Waals surface area contributed by atoms with E-state index in [1.54, 1.807) is 48.5 Å². The molecule has 0 aliphatic rings. The third-order valence-corrected chi connectivity index (χ3v) is 11.0. The number of nitriles is 1. The maximum Gasteiger partial charge on any atom is 0.343 e. The number of esters is 4. The molecule has 2 atom stereocenters. The lowest BCUT2D eigenvalue weighted by Gasteiger charge is -2.13. The number of hydrogen-bond donors (Lipinski definition) is 0. The van der Waals surface area contributed by atoms with Gasteiger partial charge in [-0.15, -0.1) is 0 Å². The van der Waals surface area contributed by atoms with Gasteiger partial charge in [0.05, 0.1) is 41.0 Å². The second kappa shape index (κ2) is 25.5. The molecule has 11 nitrogen and oxygen atoms in total. The van der Waals surface area contributed by atoms with Crippen molar-refractivity contribution < 1.29 is 47.6 Å². The van der Waals surface area contributed by atoms with E-state index < -0.39 is 23.9 Å². The molecule has 0 saturated carbocycles. The summed E-state index contributed by atoms with van der Waals surface area (Å²) in [4.78, 5) is 51.8. The number of hydrogen-bond acceptors (Lipinski definition) is 11. The van der Waals surface area contributed by atoms with E-state index in [0.29, 0.717) is 53.6 Å². The van der Waals surface area contributed by atoms with Gasteiger partial charge in [-0.2, -0.15) is 5.26 Å². The molecule has 0 amide bonds. The lowest BCUT2D eigenvalue weighted by Crippen LogP contribution is -2.12. The van der Waals surface area contributed by atoms with Gasteiger partial charge in [0.2, 0.25) is 0 Å². The molecule has 11 heteroatoms. The Morgan fingerprint density at radius 3 is 1.12 bits per heavy atom. The molecular weight excluding hydrogens is 835 g/mol. The van der Waals surface area contributed by atoms with Gasteiger partial charge in [-0.1, -0.05) is 80.1 Å². The van der Waals surface area contributed by atoms with E-state index in [0.717, 1.165) is 18.8 Å². The number of ether oxygens (including phenoxy) is 6. The second-order valence-electron chi connectivity index (χ2n) is 17.6. The highest BCUT2D eigenvalue weighted by Gasteiger charge is 2.18. The van der Waals surface area contributed by atoms with Gasteiger partial charge in [0.15, 0.2) is 5.75 Å². The minimum absolute atomic E-state index is 0.0184. The van der Waals surface area contributed by atoms with Crippen LogP contribution in [0, 0.1) is 35.0 Å². The summed E-state index contributed by atoms with van der Waals surface area (Å²) in [5.41, 5.74) is 0.982. The van der Waals surface area contributed by atoms with E-state index in [1.165, 1.54) is 105 Å². The molecule has 0 aromatic heterocycles. The molecule has 66 heavy (non-hydrogen) atoms. The highest BCUT2D eigenvalue weighted by atomic mass is 16.6. The second-order valence-corrected chi connectivity index (χ2v) is 17.6. The Morgan fingerprint density at radius 2 is 0.758 bits per heavy atom. The van der Waals surface area contributed by atoms with Crippen LogP contribution >= 0.6 is 0 Å². The van der Waals surface area contributed by atoms with E-state index in [1.807, 2.05) is 6.07 Å². The monoisotopic (exact) mass is 895 g/mol. The van der Waals surface area contributed by atoms with Crippen molar-refractivity contribution in [3.8, 4) is 40.6 Å². The van der Waals surface area contributed by atoms with Crippen LogP contribution in [-0.2, 0) is 0 Å². The summed E-state index contributed by atoms with van der Waals surface area (Å²) in [5.74, 6) is 1.58. The van der Waals surface area contributed by atoms with Gasteiger partial charge in [-0.25, -0.2) is 19.2 Å². The molecule has 0 radical (unpaired) electrons. The van der Waals surface area contributed by atoms with Crippen molar-refractivity contribution in [3.05, 3.63) is 143 Å². The molecule has 0 unspecified atom stereocenters. The molecule has 0 aliphatic heterocycles. The fraction of sp³-hybridized carbons (Fsp3) is 0.364. The first-order valence-electron chi connectivity index (χ1n) is 22.8. The maximum absolute atomic E-state index is 13.1. The topological polar surface area (TPSA) is 147 Å². The van der Waals surface area contributed by atoms with Crippen molar-refractivity contribution in [3.63, 3.8) is 0 Å². The first-order chi connectivity index (χ1) is 31.8. The first-order valence-corrected chi connectivity index (χ1v) is 22.8. The number of rotatable bonds is 24. The normalized spacial score (nSPS) is 11.9. The fourth-order valence-corrected chi connectivity index (χ4v) is 6.89. The predicted octanol–water partition coefficient (Wildman–Crippen LogP) is 12.9. The average molecular weight is 896 g/mol. The Bertz CT molecular complexity index is 2380. The molecule has 5 aromatic carbocycles. The summed E-state index contributed by atoms with van der Waals surface area (Å²) < 4.78 is 33.8. The van der Waals surface area contributed by atoms with Crippen molar-refractivity contribution in [1.82, 2.24) is 0 Å². The van der Waals surface area contributed by atoms with Gasteiger partial charge >= 0.3 is 23.9 Å². The Balaban J connectivity index is 1.07. The molecule has 0 heterocycles. The van der Waals surface area contributed by atoms with Crippen molar-refractivity contribution in [1.29, 1.82) is 5.26 Å². The number of benzene rings is 5.